The summed E-state index contributed by atoms with van der Waals surface area (Å²) in [6, 6.07) is 6.24. The molecular weight excluding hydrogens is 262 g/mol. The molecule has 3 atom stereocenters. The van der Waals surface area contributed by atoms with Crippen LogP contribution in [0.3, 0.4) is 0 Å². The van der Waals surface area contributed by atoms with Crippen molar-refractivity contribution in [2.24, 2.45) is 11.8 Å². The first kappa shape index (κ1) is 14.3. The second-order valence-corrected chi connectivity index (χ2v) is 6.51. The van der Waals surface area contributed by atoms with Crippen molar-refractivity contribution in [3.63, 3.8) is 0 Å². The van der Waals surface area contributed by atoms with E-state index in [0.29, 0.717) is 18.4 Å². The van der Waals surface area contributed by atoms with E-state index in [1.54, 1.807) is 6.08 Å². The summed E-state index contributed by atoms with van der Waals surface area (Å²) in [6.07, 6.45) is 5.31. The van der Waals surface area contributed by atoms with E-state index in [-0.39, 0.29) is 12.0 Å². The number of aliphatic hydroxyl groups is 1. The molecule has 1 N–H and O–H groups in total. The third-order valence-corrected chi connectivity index (χ3v) is 4.96. The van der Waals surface area contributed by atoms with Gasteiger partial charge in [-0.25, -0.2) is 0 Å². The molecule has 0 radical (unpaired) electrons. The SMILES string of the molecule is Cc1ccc(/C=C/C(=O)N2CC3CCC(O)C3C2)c(C)c1. The van der Waals surface area contributed by atoms with Crippen molar-refractivity contribution in [3.8, 4) is 0 Å². The summed E-state index contributed by atoms with van der Waals surface area (Å²) >= 11 is 0. The van der Waals surface area contributed by atoms with Gasteiger partial charge in [0, 0.05) is 25.1 Å². The van der Waals surface area contributed by atoms with Crippen LogP contribution in [0, 0.1) is 25.7 Å². The van der Waals surface area contributed by atoms with Gasteiger partial charge < -0.3 is 10.0 Å². The first-order valence-electron chi connectivity index (χ1n) is 7.77. The van der Waals surface area contributed by atoms with Gasteiger partial charge in [0.2, 0.25) is 5.91 Å². The van der Waals surface area contributed by atoms with E-state index >= 15 is 0 Å². The molecule has 3 rings (SSSR count). The van der Waals surface area contributed by atoms with E-state index < -0.39 is 0 Å². The van der Waals surface area contributed by atoms with Crippen LogP contribution in [0.4, 0.5) is 0 Å². The topological polar surface area (TPSA) is 40.5 Å². The van der Waals surface area contributed by atoms with Crippen LogP contribution in [0.2, 0.25) is 0 Å². The van der Waals surface area contributed by atoms with Crippen LogP contribution in [-0.2, 0) is 4.79 Å². The van der Waals surface area contributed by atoms with E-state index in [1.807, 2.05) is 11.0 Å². The van der Waals surface area contributed by atoms with Crippen molar-refractivity contribution in [1.29, 1.82) is 0 Å². The highest BCUT2D eigenvalue weighted by molar-refractivity contribution is 5.92. The molecule has 2 fully saturated rings. The maximum absolute atomic E-state index is 12.3. The molecule has 1 aromatic rings. The predicted molar refractivity (Wildman–Crippen MR) is 83.8 cm³/mol. The highest BCUT2D eigenvalue weighted by Crippen LogP contribution is 2.38. The van der Waals surface area contributed by atoms with Crippen LogP contribution in [-0.4, -0.2) is 35.1 Å². The minimum absolute atomic E-state index is 0.0663. The van der Waals surface area contributed by atoms with Gasteiger partial charge in [-0.2, -0.15) is 0 Å². The molecule has 1 aliphatic carbocycles. The maximum Gasteiger partial charge on any atom is 0.246 e. The van der Waals surface area contributed by atoms with Crippen LogP contribution in [0.5, 0.6) is 0 Å². The van der Waals surface area contributed by atoms with Crippen LogP contribution in [0.1, 0.15) is 29.5 Å². The zero-order valence-electron chi connectivity index (χ0n) is 12.7. The van der Waals surface area contributed by atoms with Crippen molar-refractivity contribution in [1.82, 2.24) is 4.90 Å². The Morgan fingerprint density at radius 1 is 1.29 bits per heavy atom. The van der Waals surface area contributed by atoms with Crippen molar-refractivity contribution in [2.75, 3.05) is 13.1 Å². The van der Waals surface area contributed by atoms with Crippen molar-refractivity contribution < 1.29 is 9.90 Å². The molecular formula is C18H23NO2. The van der Waals surface area contributed by atoms with Gasteiger partial charge in [0.15, 0.2) is 0 Å². The van der Waals surface area contributed by atoms with Gasteiger partial charge in [0.05, 0.1) is 6.10 Å². The Morgan fingerprint density at radius 3 is 2.81 bits per heavy atom. The lowest BCUT2D eigenvalue weighted by Crippen LogP contribution is -2.29. The van der Waals surface area contributed by atoms with Crippen LogP contribution in [0.25, 0.3) is 6.08 Å². The fraction of sp³-hybridized carbons (Fsp3) is 0.500. The smallest absolute Gasteiger partial charge is 0.246 e. The molecule has 0 bridgehead atoms. The summed E-state index contributed by atoms with van der Waals surface area (Å²) in [6.45, 7) is 5.65. The van der Waals surface area contributed by atoms with E-state index in [9.17, 15) is 9.90 Å². The fourth-order valence-electron chi connectivity index (χ4n) is 3.70. The van der Waals surface area contributed by atoms with Gasteiger partial charge in [-0.1, -0.05) is 23.8 Å². The van der Waals surface area contributed by atoms with Gasteiger partial charge >= 0.3 is 0 Å². The number of fused-ring (bicyclic) bond motifs is 1. The van der Waals surface area contributed by atoms with Gasteiger partial charge in [-0.15, -0.1) is 0 Å². The van der Waals surface area contributed by atoms with Crippen LogP contribution >= 0.6 is 0 Å². The Hall–Kier alpha value is -1.61. The van der Waals surface area contributed by atoms with E-state index in [1.165, 1.54) is 11.1 Å². The lowest BCUT2D eigenvalue weighted by atomic mass is 10.00. The average molecular weight is 285 g/mol. The van der Waals surface area contributed by atoms with Crippen LogP contribution < -0.4 is 0 Å². The first-order chi connectivity index (χ1) is 10.0. The second kappa shape index (κ2) is 5.64. The Kier molecular flexibility index (Phi) is 3.85. The summed E-state index contributed by atoms with van der Waals surface area (Å²) in [5.74, 6) is 0.860. The highest BCUT2D eigenvalue weighted by atomic mass is 16.3. The highest BCUT2D eigenvalue weighted by Gasteiger charge is 2.42. The molecule has 21 heavy (non-hydrogen) atoms. The zero-order chi connectivity index (χ0) is 15.0. The third kappa shape index (κ3) is 2.88. The summed E-state index contributed by atoms with van der Waals surface area (Å²) in [4.78, 5) is 14.2. The number of hydrogen-bond acceptors (Lipinski definition) is 2. The lowest BCUT2D eigenvalue weighted by Gasteiger charge is -2.16. The quantitative estimate of drug-likeness (QED) is 0.848. The first-order valence-corrected chi connectivity index (χ1v) is 7.77. The number of hydrogen-bond donors (Lipinski definition) is 1. The molecule has 3 unspecified atom stereocenters. The Labute approximate surface area is 126 Å². The van der Waals surface area contributed by atoms with Crippen molar-refractivity contribution >= 4 is 12.0 Å². The van der Waals surface area contributed by atoms with E-state index in [0.717, 1.165) is 24.9 Å². The summed E-state index contributed by atoms with van der Waals surface area (Å²) in [5, 5.41) is 9.91. The number of aryl methyl sites for hydroxylation is 2. The number of aliphatic hydroxyl groups excluding tert-OH is 1. The normalized spacial score (nSPS) is 28.3. The number of carbonyl (C=O) groups excluding carboxylic acids is 1. The zero-order valence-corrected chi connectivity index (χ0v) is 12.7. The van der Waals surface area contributed by atoms with Crippen molar-refractivity contribution in [3.05, 3.63) is 41.0 Å². The molecule has 0 spiro atoms. The molecule has 3 nitrogen and oxygen atoms in total. The molecule has 1 heterocycles. The van der Waals surface area contributed by atoms with Gasteiger partial charge in [-0.05, 0) is 49.8 Å². The minimum Gasteiger partial charge on any atom is -0.393 e. The number of benzene rings is 1. The van der Waals surface area contributed by atoms with Gasteiger partial charge in [-0.3, -0.25) is 4.79 Å². The van der Waals surface area contributed by atoms with Crippen molar-refractivity contribution in [2.45, 2.75) is 32.8 Å². The predicted octanol–water partition coefficient (Wildman–Crippen LogP) is 2.55. The van der Waals surface area contributed by atoms with E-state index in [2.05, 4.69) is 32.0 Å². The average Bonchev–Trinajstić information content (AvgIpc) is 3.00. The summed E-state index contributed by atoms with van der Waals surface area (Å²) in [7, 11) is 0. The molecule has 1 aromatic carbocycles. The minimum atomic E-state index is -0.212. The molecule has 1 saturated heterocycles. The lowest BCUT2D eigenvalue weighted by molar-refractivity contribution is -0.125. The Balaban J connectivity index is 1.65. The molecule has 1 saturated carbocycles. The van der Waals surface area contributed by atoms with Gasteiger partial charge in [0.1, 0.15) is 0 Å². The van der Waals surface area contributed by atoms with E-state index in [4.69, 9.17) is 0 Å². The number of likely N-dealkylation sites (tertiary alicyclic amines) is 1. The molecule has 2 aliphatic rings. The molecule has 1 aliphatic heterocycles. The number of carbonyl (C=O) groups is 1. The number of rotatable bonds is 2. The number of amides is 1. The fourth-order valence-corrected chi connectivity index (χ4v) is 3.70. The monoisotopic (exact) mass is 285 g/mol. The molecule has 1 amide bonds. The molecule has 112 valence electrons. The number of nitrogens with zero attached hydrogens (tertiary/aromatic N) is 1. The van der Waals surface area contributed by atoms with Crippen LogP contribution in [0.15, 0.2) is 24.3 Å². The third-order valence-electron chi connectivity index (χ3n) is 4.96. The molecule has 3 heteroatoms. The summed E-state index contributed by atoms with van der Waals surface area (Å²) in [5.41, 5.74) is 3.51. The Morgan fingerprint density at radius 2 is 2.10 bits per heavy atom. The molecule has 0 aromatic heterocycles. The summed E-state index contributed by atoms with van der Waals surface area (Å²) < 4.78 is 0. The second-order valence-electron chi connectivity index (χ2n) is 6.51. The standard InChI is InChI=1S/C18H23NO2/c1-12-3-4-14(13(2)9-12)6-8-18(21)19-10-15-5-7-17(20)16(15)11-19/h3-4,6,8-9,15-17,20H,5,7,10-11H2,1-2H3/b8-6+. The largest absolute Gasteiger partial charge is 0.393 e. The van der Waals surface area contributed by atoms with Gasteiger partial charge in [0.25, 0.3) is 0 Å². The Bertz CT molecular complexity index is 579. The maximum atomic E-state index is 12.3.